The number of rotatable bonds is 2. The van der Waals surface area contributed by atoms with Gasteiger partial charge >= 0.3 is 0 Å². The van der Waals surface area contributed by atoms with E-state index in [1.165, 1.54) is 0 Å². The van der Waals surface area contributed by atoms with Crippen molar-refractivity contribution in [3.8, 4) is 0 Å². The summed E-state index contributed by atoms with van der Waals surface area (Å²) in [7, 11) is 0. The zero-order chi connectivity index (χ0) is 8.32. The third kappa shape index (κ3) is 1.91. The summed E-state index contributed by atoms with van der Waals surface area (Å²) >= 11 is 6.15. The lowest BCUT2D eigenvalue weighted by molar-refractivity contribution is 0.0701. The van der Waals surface area contributed by atoms with Crippen molar-refractivity contribution in [3.05, 3.63) is 4.91 Å². The lowest BCUT2D eigenvalue weighted by Gasteiger charge is -2.32. The van der Waals surface area contributed by atoms with Crippen LogP contribution in [-0.4, -0.2) is 24.1 Å². The first-order valence-corrected chi connectivity index (χ1v) is 4.16. The quantitative estimate of drug-likeness (QED) is 0.478. The number of hydrogen-bond acceptors (Lipinski definition) is 3. The average Bonchev–Trinajstić information content (AvgIpc) is 2.04. The van der Waals surface area contributed by atoms with Crippen LogP contribution in [0.3, 0.4) is 0 Å². The summed E-state index contributed by atoms with van der Waals surface area (Å²) in [5.41, 5.74) is 0. The van der Waals surface area contributed by atoms with Crippen molar-refractivity contribution in [2.75, 3.05) is 13.2 Å². The molecule has 1 heterocycles. The minimum atomic E-state index is -0.444. The highest BCUT2D eigenvalue weighted by atomic mass is 35.5. The summed E-state index contributed by atoms with van der Waals surface area (Å²) in [5.74, 6) is 0. The van der Waals surface area contributed by atoms with Crippen LogP contribution in [-0.2, 0) is 4.74 Å². The van der Waals surface area contributed by atoms with E-state index in [2.05, 4.69) is 5.18 Å². The number of halogens is 1. The maximum atomic E-state index is 10.2. The molecule has 64 valence electrons. The molecule has 0 radical (unpaired) electrons. The molecule has 0 aromatic carbocycles. The molecule has 0 aromatic rings. The van der Waals surface area contributed by atoms with Crippen LogP contribution in [0.15, 0.2) is 5.18 Å². The Bertz CT molecular complexity index is 145. The Hall–Kier alpha value is -0.150. The fraction of sp³-hybridized carbons (Fsp3) is 1.00. The Balaban J connectivity index is 2.55. The first-order valence-electron chi connectivity index (χ1n) is 3.78. The Morgan fingerprint density at radius 3 is 2.55 bits per heavy atom. The monoisotopic (exact) mass is 177 g/mol. The topological polar surface area (TPSA) is 38.7 Å². The summed E-state index contributed by atoms with van der Waals surface area (Å²) in [4.78, 5) is 9.79. The first kappa shape index (κ1) is 8.94. The largest absolute Gasteiger partial charge is 0.381 e. The third-order valence-electron chi connectivity index (χ3n) is 2.23. The minimum absolute atomic E-state index is 0.312. The molecule has 1 unspecified atom stereocenters. The summed E-state index contributed by atoms with van der Waals surface area (Å²) in [6.45, 7) is 3.04. The SMILES string of the molecule is CC(N=O)C1(Cl)CCOCC1. The molecule has 1 aliphatic rings. The van der Waals surface area contributed by atoms with Gasteiger partial charge in [0.05, 0.1) is 4.87 Å². The van der Waals surface area contributed by atoms with Gasteiger partial charge in [-0.3, -0.25) is 0 Å². The van der Waals surface area contributed by atoms with Gasteiger partial charge in [0, 0.05) is 13.2 Å². The van der Waals surface area contributed by atoms with Crippen LogP contribution in [0, 0.1) is 4.91 Å². The van der Waals surface area contributed by atoms with Gasteiger partial charge in [-0.25, -0.2) is 0 Å². The van der Waals surface area contributed by atoms with Gasteiger partial charge in [0.2, 0.25) is 0 Å². The maximum Gasteiger partial charge on any atom is 0.108 e. The van der Waals surface area contributed by atoms with Crippen LogP contribution in [0.4, 0.5) is 0 Å². The van der Waals surface area contributed by atoms with Crippen LogP contribution in [0.25, 0.3) is 0 Å². The second kappa shape index (κ2) is 3.50. The molecule has 3 nitrogen and oxygen atoms in total. The van der Waals surface area contributed by atoms with Crippen molar-refractivity contribution in [2.24, 2.45) is 5.18 Å². The first-order chi connectivity index (χ1) is 5.19. The highest BCUT2D eigenvalue weighted by Crippen LogP contribution is 2.33. The van der Waals surface area contributed by atoms with Gasteiger partial charge in [0.25, 0.3) is 0 Å². The van der Waals surface area contributed by atoms with Crippen molar-refractivity contribution < 1.29 is 4.74 Å². The molecule has 0 amide bonds. The molecule has 0 aliphatic carbocycles. The van der Waals surface area contributed by atoms with E-state index in [9.17, 15) is 4.91 Å². The van der Waals surface area contributed by atoms with E-state index >= 15 is 0 Å². The molecule has 0 bridgehead atoms. The molecule has 1 fully saturated rings. The van der Waals surface area contributed by atoms with Gasteiger partial charge in [-0.05, 0) is 19.8 Å². The highest BCUT2D eigenvalue weighted by molar-refractivity contribution is 6.24. The summed E-state index contributed by atoms with van der Waals surface area (Å²) in [6, 6.07) is -0.312. The summed E-state index contributed by atoms with van der Waals surface area (Å²) in [5, 5.41) is 2.95. The van der Waals surface area contributed by atoms with Gasteiger partial charge < -0.3 is 4.74 Å². The highest BCUT2D eigenvalue weighted by Gasteiger charge is 2.36. The number of nitroso groups, excluding NO2 is 1. The minimum Gasteiger partial charge on any atom is -0.381 e. The predicted molar refractivity (Wildman–Crippen MR) is 43.9 cm³/mol. The maximum absolute atomic E-state index is 10.2. The molecule has 1 saturated heterocycles. The molecule has 1 aliphatic heterocycles. The lowest BCUT2D eigenvalue weighted by atomic mass is 9.92. The number of alkyl halides is 1. The van der Waals surface area contributed by atoms with Crippen molar-refractivity contribution in [2.45, 2.75) is 30.7 Å². The molecule has 4 heteroatoms. The fourth-order valence-corrected chi connectivity index (χ4v) is 1.42. The predicted octanol–water partition coefficient (Wildman–Crippen LogP) is 1.93. The molecule has 1 rings (SSSR count). The number of nitrogens with zero attached hydrogens (tertiary/aromatic N) is 1. The lowest BCUT2D eigenvalue weighted by Crippen LogP contribution is -2.39. The van der Waals surface area contributed by atoms with Crippen molar-refractivity contribution in [1.82, 2.24) is 0 Å². The van der Waals surface area contributed by atoms with Gasteiger partial charge in [-0.15, -0.1) is 11.6 Å². The van der Waals surface area contributed by atoms with Gasteiger partial charge in [0.15, 0.2) is 0 Å². The van der Waals surface area contributed by atoms with E-state index in [0.717, 1.165) is 12.8 Å². The fourth-order valence-electron chi connectivity index (χ4n) is 1.22. The molecule has 1 atom stereocenters. The Kier molecular flexibility index (Phi) is 2.84. The Morgan fingerprint density at radius 2 is 2.09 bits per heavy atom. The van der Waals surface area contributed by atoms with E-state index in [1.54, 1.807) is 6.92 Å². The van der Waals surface area contributed by atoms with E-state index in [1.807, 2.05) is 0 Å². The van der Waals surface area contributed by atoms with Crippen LogP contribution in [0.2, 0.25) is 0 Å². The molecular formula is C7H12ClNO2. The van der Waals surface area contributed by atoms with Gasteiger partial charge in [0.1, 0.15) is 6.04 Å². The second-order valence-electron chi connectivity index (χ2n) is 2.93. The van der Waals surface area contributed by atoms with Crippen molar-refractivity contribution >= 4 is 11.6 Å². The number of ether oxygens (including phenoxy) is 1. The molecular weight excluding hydrogens is 166 g/mol. The van der Waals surface area contributed by atoms with Crippen molar-refractivity contribution in [3.63, 3.8) is 0 Å². The van der Waals surface area contributed by atoms with E-state index < -0.39 is 4.87 Å². The standard InChI is InChI=1S/C7H12ClNO2/c1-6(9-10)7(8)2-4-11-5-3-7/h6H,2-5H2,1H3. The normalized spacial score (nSPS) is 26.0. The van der Waals surface area contributed by atoms with Crippen molar-refractivity contribution in [1.29, 1.82) is 0 Å². The Labute approximate surface area is 71.0 Å². The van der Waals surface area contributed by atoms with E-state index in [0.29, 0.717) is 13.2 Å². The van der Waals surface area contributed by atoms with E-state index in [-0.39, 0.29) is 6.04 Å². The molecule has 0 N–H and O–H groups in total. The molecule has 0 spiro atoms. The van der Waals surface area contributed by atoms with Crippen LogP contribution < -0.4 is 0 Å². The zero-order valence-corrected chi connectivity index (χ0v) is 7.30. The Morgan fingerprint density at radius 1 is 1.55 bits per heavy atom. The summed E-state index contributed by atoms with van der Waals surface area (Å²) in [6.07, 6.45) is 1.45. The average molecular weight is 178 g/mol. The molecule has 11 heavy (non-hydrogen) atoms. The third-order valence-corrected chi connectivity index (χ3v) is 2.92. The van der Waals surface area contributed by atoms with Crippen LogP contribution >= 0.6 is 11.6 Å². The van der Waals surface area contributed by atoms with Gasteiger partial charge in [-0.2, -0.15) is 4.91 Å². The van der Waals surface area contributed by atoms with E-state index in [4.69, 9.17) is 16.3 Å². The number of hydrogen-bond donors (Lipinski definition) is 0. The smallest absolute Gasteiger partial charge is 0.108 e. The molecule has 0 aromatic heterocycles. The molecule has 0 saturated carbocycles. The summed E-state index contributed by atoms with van der Waals surface area (Å²) < 4.78 is 5.13. The van der Waals surface area contributed by atoms with Gasteiger partial charge in [-0.1, -0.05) is 5.18 Å². The van der Waals surface area contributed by atoms with Crippen LogP contribution in [0.1, 0.15) is 19.8 Å². The second-order valence-corrected chi connectivity index (χ2v) is 3.68. The van der Waals surface area contributed by atoms with Crippen LogP contribution in [0.5, 0.6) is 0 Å². The zero-order valence-electron chi connectivity index (χ0n) is 6.55.